The second-order valence-electron chi connectivity index (χ2n) is 7.23. The van der Waals surface area contributed by atoms with Gasteiger partial charge in [-0.1, -0.05) is 39.0 Å². The van der Waals surface area contributed by atoms with Gasteiger partial charge in [0.25, 0.3) is 0 Å². The molecule has 1 heterocycles. The number of carbonyl (C=O) groups excluding carboxylic acids is 1. The molecule has 0 aliphatic heterocycles. The number of aryl methyl sites for hydroxylation is 1. The van der Waals surface area contributed by atoms with Crippen LogP contribution in [0, 0.1) is 0 Å². The Morgan fingerprint density at radius 1 is 1.20 bits per heavy atom. The number of aromatic nitrogens is 2. The molecule has 0 fully saturated rings. The van der Waals surface area contributed by atoms with Crippen molar-refractivity contribution in [1.82, 2.24) is 9.97 Å². The highest BCUT2D eigenvalue weighted by atomic mass is 16.3. The van der Waals surface area contributed by atoms with E-state index in [-0.39, 0.29) is 17.1 Å². The number of fused-ring (bicyclic) bond motifs is 1. The van der Waals surface area contributed by atoms with Gasteiger partial charge in [-0.15, -0.1) is 0 Å². The van der Waals surface area contributed by atoms with Gasteiger partial charge < -0.3 is 15.4 Å². The van der Waals surface area contributed by atoms with Gasteiger partial charge in [-0.2, -0.15) is 0 Å². The fourth-order valence-corrected chi connectivity index (χ4v) is 2.67. The normalized spacial score (nSPS) is 11.6. The predicted molar refractivity (Wildman–Crippen MR) is 99.9 cm³/mol. The summed E-state index contributed by atoms with van der Waals surface area (Å²) >= 11 is 0. The first-order valence-corrected chi connectivity index (χ1v) is 8.40. The summed E-state index contributed by atoms with van der Waals surface area (Å²) in [4.78, 5) is 19.9. The van der Waals surface area contributed by atoms with E-state index in [1.807, 2.05) is 36.4 Å². The van der Waals surface area contributed by atoms with Crippen molar-refractivity contribution in [1.29, 1.82) is 0 Å². The van der Waals surface area contributed by atoms with Crippen LogP contribution in [0.4, 0.5) is 5.69 Å². The van der Waals surface area contributed by atoms with Crippen LogP contribution in [-0.4, -0.2) is 21.0 Å². The molecule has 0 aliphatic carbocycles. The minimum atomic E-state index is -0.151. The average molecular weight is 337 g/mol. The Kier molecular flexibility index (Phi) is 4.49. The molecule has 0 saturated heterocycles. The average Bonchev–Trinajstić information content (AvgIpc) is 2.97. The van der Waals surface area contributed by atoms with Crippen molar-refractivity contribution in [2.45, 2.75) is 39.0 Å². The summed E-state index contributed by atoms with van der Waals surface area (Å²) in [6, 6.07) is 13.1. The quantitative estimate of drug-likeness (QED) is 0.626. The van der Waals surface area contributed by atoms with Gasteiger partial charge in [0.2, 0.25) is 5.91 Å². The molecular weight excluding hydrogens is 314 g/mol. The van der Waals surface area contributed by atoms with Crippen molar-refractivity contribution in [2.24, 2.45) is 0 Å². The van der Waals surface area contributed by atoms with E-state index in [1.165, 1.54) is 0 Å². The highest BCUT2D eigenvalue weighted by Gasteiger charge is 2.16. The molecule has 130 valence electrons. The Labute approximate surface area is 147 Å². The molecule has 0 radical (unpaired) electrons. The van der Waals surface area contributed by atoms with E-state index >= 15 is 0 Å². The molecule has 5 heteroatoms. The van der Waals surface area contributed by atoms with E-state index < -0.39 is 0 Å². The molecule has 0 bridgehead atoms. The molecule has 5 nitrogen and oxygen atoms in total. The highest BCUT2D eigenvalue weighted by molar-refractivity contribution is 5.92. The van der Waals surface area contributed by atoms with E-state index in [0.29, 0.717) is 18.5 Å². The lowest BCUT2D eigenvalue weighted by molar-refractivity contribution is -0.116. The molecule has 25 heavy (non-hydrogen) atoms. The number of aromatic hydroxyl groups is 1. The van der Waals surface area contributed by atoms with E-state index in [1.54, 1.807) is 6.07 Å². The summed E-state index contributed by atoms with van der Waals surface area (Å²) in [5.41, 5.74) is 3.31. The standard InChI is InChI=1S/C20H23N3O2/c1-20(2,3)13-8-9-17(24)16(12-13)23-19(25)11-10-18-21-14-6-4-5-7-15(14)22-18/h4-9,12,24H,10-11H2,1-3H3,(H,21,22)(H,23,25). The van der Waals surface area contributed by atoms with Crippen LogP contribution >= 0.6 is 0 Å². The Hall–Kier alpha value is -2.82. The van der Waals surface area contributed by atoms with Gasteiger partial charge in [0.15, 0.2) is 0 Å². The largest absolute Gasteiger partial charge is 0.506 e. The molecule has 1 amide bonds. The first-order valence-electron chi connectivity index (χ1n) is 8.40. The van der Waals surface area contributed by atoms with E-state index in [4.69, 9.17) is 0 Å². The van der Waals surface area contributed by atoms with Crippen molar-refractivity contribution in [3.05, 3.63) is 53.9 Å². The van der Waals surface area contributed by atoms with Gasteiger partial charge in [0, 0.05) is 12.8 Å². The predicted octanol–water partition coefficient (Wildman–Crippen LogP) is 4.14. The van der Waals surface area contributed by atoms with Gasteiger partial charge >= 0.3 is 0 Å². The number of nitrogens with one attached hydrogen (secondary N) is 2. The number of anilines is 1. The number of aromatic amines is 1. The Balaban J connectivity index is 1.66. The number of benzene rings is 2. The second kappa shape index (κ2) is 6.59. The molecule has 0 unspecified atom stereocenters. The van der Waals surface area contributed by atoms with Crippen molar-refractivity contribution >= 4 is 22.6 Å². The second-order valence-corrected chi connectivity index (χ2v) is 7.23. The van der Waals surface area contributed by atoms with Crippen molar-refractivity contribution in [2.75, 3.05) is 5.32 Å². The number of amides is 1. The zero-order chi connectivity index (χ0) is 18.0. The molecule has 3 aromatic rings. The van der Waals surface area contributed by atoms with Crippen molar-refractivity contribution in [3.63, 3.8) is 0 Å². The molecule has 0 spiro atoms. The van der Waals surface area contributed by atoms with Crippen LogP contribution in [0.15, 0.2) is 42.5 Å². The van der Waals surface area contributed by atoms with Gasteiger partial charge in [-0.05, 0) is 35.2 Å². The number of hydrogen-bond acceptors (Lipinski definition) is 3. The van der Waals surface area contributed by atoms with Crippen LogP contribution in [0.3, 0.4) is 0 Å². The minimum Gasteiger partial charge on any atom is -0.506 e. The number of phenolic OH excluding ortho intramolecular Hbond substituents is 1. The van der Waals surface area contributed by atoms with Gasteiger partial charge in [0.05, 0.1) is 16.7 Å². The first-order chi connectivity index (χ1) is 11.8. The summed E-state index contributed by atoms with van der Waals surface area (Å²) in [5.74, 6) is 0.705. The minimum absolute atomic E-state index is 0.0541. The molecule has 0 saturated carbocycles. The van der Waals surface area contributed by atoms with Crippen LogP contribution in [0.1, 0.15) is 38.6 Å². The van der Waals surface area contributed by atoms with E-state index in [9.17, 15) is 9.90 Å². The molecule has 0 atom stereocenters. The molecule has 2 aromatic carbocycles. The third-order valence-electron chi connectivity index (χ3n) is 4.16. The number of para-hydroxylation sites is 2. The lowest BCUT2D eigenvalue weighted by Crippen LogP contribution is -2.15. The summed E-state index contributed by atoms with van der Waals surface area (Å²) in [5, 5.41) is 12.8. The Bertz CT molecular complexity index is 874. The lowest BCUT2D eigenvalue weighted by Gasteiger charge is -2.20. The highest BCUT2D eigenvalue weighted by Crippen LogP contribution is 2.30. The maximum absolute atomic E-state index is 12.3. The van der Waals surface area contributed by atoms with Crippen LogP contribution in [0.25, 0.3) is 11.0 Å². The van der Waals surface area contributed by atoms with Crippen molar-refractivity contribution < 1.29 is 9.90 Å². The van der Waals surface area contributed by atoms with Crippen LogP contribution in [-0.2, 0) is 16.6 Å². The zero-order valence-corrected chi connectivity index (χ0v) is 14.8. The van der Waals surface area contributed by atoms with Gasteiger partial charge in [-0.3, -0.25) is 4.79 Å². The topological polar surface area (TPSA) is 78.0 Å². The number of imidazole rings is 1. The van der Waals surface area contributed by atoms with Crippen molar-refractivity contribution in [3.8, 4) is 5.75 Å². The summed E-state index contributed by atoms with van der Waals surface area (Å²) in [6.45, 7) is 6.27. The Morgan fingerprint density at radius 3 is 2.68 bits per heavy atom. The smallest absolute Gasteiger partial charge is 0.224 e. The number of phenols is 1. The summed E-state index contributed by atoms with van der Waals surface area (Å²) in [7, 11) is 0. The SMILES string of the molecule is CC(C)(C)c1ccc(O)c(NC(=O)CCc2nc3ccccc3[nH]2)c1. The van der Waals surface area contributed by atoms with Crippen LogP contribution in [0.5, 0.6) is 5.75 Å². The summed E-state index contributed by atoms with van der Waals surface area (Å²) < 4.78 is 0. The fraction of sp³-hybridized carbons (Fsp3) is 0.300. The monoisotopic (exact) mass is 337 g/mol. The molecule has 1 aromatic heterocycles. The van der Waals surface area contributed by atoms with Crippen LogP contribution < -0.4 is 5.32 Å². The number of hydrogen-bond donors (Lipinski definition) is 3. The third-order valence-corrected chi connectivity index (χ3v) is 4.16. The zero-order valence-electron chi connectivity index (χ0n) is 14.8. The first kappa shape index (κ1) is 17.0. The summed E-state index contributed by atoms with van der Waals surface area (Å²) in [6.07, 6.45) is 0.805. The number of carbonyl (C=O) groups is 1. The Morgan fingerprint density at radius 2 is 1.96 bits per heavy atom. The van der Waals surface area contributed by atoms with Crippen LogP contribution in [0.2, 0.25) is 0 Å². The maximum atomic E-state index is 12.3. The molecule has 0 aliphatic rings. The molecule has 3 N–H and O–H groups in total. The lowest BCUT2D eigenvalue weighted by atomic mass is 9.87. The molecule has 3 rings (SSSR count). The number of H-pyrrole nitrogens is 1. The fourth-order valence-electron chi connectivity index (χ4n) is 2.67. The van der Waals surface area contributed by atoms with E-state index in [0.717, 1.165) is 22.4 Å². The maximum Gasteiger partial charge on any atom is 0.224 e. The van der Waals surface area contributed by atoms with Gasteiger partial charge in [-0.25, -0.2) is 4.98 Å². The van der Waals surface area contributed by atoms with Gasteiger partial charge in [0.1, 0.15) is 11.6 Å². The van der Waals surface area contributed by atoms with E-state index in [2.05, 4.69) is 36.1 Å². The number of rotatable bonds is 4. The number of nitrogens with zero attached hydrogens (tertiary/aromatic N) is 1. The molecular formula is C20H23N3O2. The third kappa shape index (κ3) is 3.99.